The fourth-order valence-electron chi connectivity index (χ4n) is 1.77. The predicted octanol–water partition coefficient (Wildman–Crippen LogP) is 2.68. The minimum absolute atomic E-state index is 0.384. The van der Waals surface area contributed by atoms with Crippen molar-refractivity contribution in [2.24, 2.45) is 0 Å². The number of rotatable bonds is 1. The summed E-state index contributed by atoms with van der Waals surface area (Å²) in [5.41, 5.74) is 0.966. The molecule has 87 valence electrons. The van der Waals surface area contributed by atoms with Crippen LogP contribution >= 0.6 is 7.94 Å². The van der Waals surface area contributed by atoms with Crippen LogP contribution in [0.4, 0.5) is 0 Å². The van der Waals surface area contributed by atoms with Crippen LogP contribution in [-0.4, -0.2) is 4.89 Å². The number of hydrogen-bond acceptors (Lipinski definition) is 3. The molecule has 3 nitrogen and oxygen atoms in total. The van der Waals surface area contributed by atoms with E-state index in [1.54, 1.807) is 0 Å². The smallest absolute Gasteiger partial charge is 0.315 e. The summed E-state index contributed by atoms with van der Waals surface area (Å²) in [5, 5.41) is 0.703. The van der Waals surface area contributed by atoms with Gasteiger partial charge in [0.05, 0.1) is 11.9 Å². The van der Waals surface area contributed by atoms with Gasteiger partial charge in [0.1, 0.15) is 5.75 Å². The van der Waals surface area contributed by atoms with Crippen LogP contribution in [-0.2, 0) is 11.1 Å². The molecule has 4 heteroatoms. The van der Waals surface area contributed by atoms with Crippen LogP contribution in [0.2, 0.25) is 0 Å². The minimum atomic E-state index is -2.95. The fraction of sp³-hybridized carbons (Fsp3) is 0.0769. The number of para-hydroxylation sites is 1. The fourth-order valence-corrected chi connectivity index (χ4v) is 3.39. The maximum Gasteiger partial charge on any atom is 0.315 e. The molecule has 1 aliphatic rings. The van der Waals surface area contributed by atoms with Gasteiger partial charge in [0, 0.05) is 5.56 Å². The van der Waals surface area contributed by atoms with Crippen LogP contribution in [0.15, 0.2) is 54.6 Å². The Balaban J connectivity index is 1.98. The molecule has 17 heavy (non-hydrogen) atoms. The summed E-state index contributed by atoms with van der Waals surface area (Å²) in [6.45, 7) is 0.384. The zero-order chi connectivity index (χ0) is 11.7. The maximum atomic E-state index is 10.5. The highest BCUT2D eigenvalue weighted by Crippen LogP contribution is 2.59. The Morgan fingerprint density at radius 2 is 1.65 bits per heavy atom. The third-order valence-electron chi connectivity index (χ3n) is 2.67. The van der Waals surface area contributed by atoms with Crippen LogP contribution in [0.25, 0.3) is 0 Å². The number of benzene rings is 2. The third kappa shape index (κ3) is 1.93. The van der Waals surface area contributed by atoms with Crippen molar-refractivity contribution in [2.45, 2.75) is 6.61 Å². The third-order valence-corrected chi connectivity index (χ3v) is 4.55. The Kier molecular flexibility index (Phi) is 2.60. The van der Waals surface area contributed by atoms with Crippen molar-refractivity contribution < 1.29 is 13.9 Å². The molecular weight excluding hydrogens is 235 g/mol. The summed E-state index contributed by atoms with van der Waals surface area (Å²) in [4.78, 5) is 10.5. The molecule has 0 fully saturated rings. The van der Waals surface area contributed by atoms with Crippen LogP contribution in [0.5, 0.6) is 5.75 Å². The highest BCUT2D eigenvalue weighted by molar-refractivity contribution is 7.69. The average Bonchev–Trinajstić information content (AvgIpc) is 2.40. The van der Waals surface area contributed by atoms with Gasteiger partial charge in [0.2, 0.25) is 0 Å². The Bertz CT molecular complexity index is 529. The van der Waals surface area contributed by atoms with Gasteiger partial charge < -0.3 is 13.9 Å². The van der Waals surface area contributed by atoms with E-state index in [1.807, 2.05) is 54.6 Å². The molecule has 0 amide bonds. The lowest BCUT2D eigenvalue weighted by atomic mass is 10.2. The molecule has 2 aromatic carbocycles. The lowest BCUT2D eigenvalue weighted by Gasteiger charge is -2.34. The first kappa shape index (κ1) is 10.7. The van der Waals surface area contributed by atoms with Crippen LogP contribution in [0, 0.1) is 0 Å². The molecule has 0 saturated carbocycles. The van der Waals surface area contributed by atoms with E-state index in [2.05, 4.69) is 0 Å². The van der Waals surface area contributed by atoms with Gasteiger partial charge in [-0.3, -0.25) is 0 Å². The lowest BCUT2D eigenvalue weighted by Crippen LogP contribution is -2.22. The molecule has 1 N–H and O–H groups in total. The summed E-state index contributed by atoms with van der Waals surface area (Å²) in [6, 6.07) is 16.9. The van der Waals surface area contributed by atoms with E-state index >= 15 is 0 Å². The zero-order valence-electron chi connectivity index (χ0n) is 9.11. The van der Waals surface area contributed by atoms with Crippen LogP contribution < -0.4 is 9.83 Å². The second-order valence-corrected chi connectivity index (χ2v) is 5.83. The van der Waals surface area contributed by atoms with Gasteiger partial charge in [-0.15, -0.1) is 0 Å². The first-order valence-corrected chi connectivity index (χ1v) is 6.95. The topological polar surface area (TPSA) is 38.7 Å². The quantitative estimate of drug-likeness (QED) is 0.787. The van der Waals surface area contributed by atoms with Crippen molar-refractivity contribution in [1.82, 2.24) is 0 Å². The van der Waals surface area contributed by atoms with Gasteiger partial charge in [-0.25, -0.2) is 0 Å². The largest absolute Gasteiger partial charge is 0.431 e. The van der Waals surface area contributed by atoms with Gasteiger partial charge in [-0.1, -0.05) is 36.4 Å². The molecular formula is C13H12O3P. The van der Waals surface area contributed by atoms with E-state index in [9.17, 15) is 4.89 Å². The normalized spacial score (nSPS) is 22.6. The molecule has 2 aromatic rings. The molecule has 0 spiro atoms. The van der Waals surface area contributed by atoms with E-state index < -0.39 is 7.94 Å². The second kappa shape index (κ2) is 4.11. The van der Waals surface area contributed by atoms with Gasteiger partial charge in [-0.2, -0.15) is 0 Å². The van der Waals surface area contributed by atoms with Crippen molar-refractivity contribution in [2.75, 3.05) is 0 Å². The van der Waals surface area contributed by atoms with Crippen molar-refractivity contribution in [3.63, 3.8) is 0 Å². The number of fused-ring (bicyclic) bond motifs is 1. The summed E-state index contributed by atoms with van der Waals surface area (Å²) in [7, 11) is -2.95. The summed E-state index contributed by atoms with van der Waals surface area (Å²) in [6.07, 6.45) is 0. The Morgan fingerprint density at radius 1 is 0.941 bits per heavy atom. The van der Waals surface area contributed by atoms with Gasteiger partial charge in [0.15, 0.2) is 0 Å². The van der Waals surface area contributed by atoms with Gasteiger partial charge in [0.25, 0.3) is 0 Å². The molecule has 0 aliphatic carbocycles. The molecule has 0 bridgehead atoms. The first-order valence-electron chi connectivity index (χ1n) is 5.37. The predicted molar refractivity (Wildman–Crippen MR) is 67.1 cm³/mol. The van der Waals surface area contributed by atoms with E-state index in [4.69, 9.17) is 9.05 Å². The summed E-state index contributed by atoms with van der Waals surface area (Å²) < 4.78 is 11.2. The van der Waals surface area contributed by atoms with E-state index in [-0.39, 0.29) is 0 Å². The van der Waals surface area contributed by atoms with Crippen molar-refractivity contribution in [3.05, 3.63) is 60.2 Å². The molecule has 3 rings (SSSR count). The zero-order valence-corrected chi connectivity index (χ0v) is 10.0. The average molecular weight is 247 g/mol. The molecule has 0 aromatic heterocycles. The highest BCUT2D eigenvalue weighted by atomic mass is 31.2. The van der Waals surface area contributed by atoms with Crippen LogP contribution in [0.1, 0.15) is 5.56 Å². The molecule has 1 heterocycles. The number of hydrogen-bond donors (Lipinski definition) is 1. The van der Waals surface area contributed by atoms with Crippen LogP contribution in [0.3, 0.4) is 0 Å². The SMILES string of the molecule is O[P]1(c2ccccc2)OCc2ccccc2O1. The Morgan fingerprint density at radius 3 is 2.47 bits per heavy atom. The molecule has 0 saturated heterocycles. The van der Waals surface area contributed by atoms with E-state index in [1.165, 1.54) is 0 Å². The van der Waals surface area contributed by atoms with E-state index in [0.29, 0.717) is 17.7 Å². The Labute approximate surface area is 100 Å². The monoisotopic (exact) mass is 247 g/mol. The van der Waals surface area contributed by atoms with Crippen molar-refractivity contribution >= 4 is 13.2 Å². The first-order chi connectivity index (χ1) is 8.28. The molecule has 1 aliphatic heterocycles. The second-order valence-electron chi connectivity index (χ2n) is 3.83. The minimum Gasteiger partial charge on any atom is -0.431 e. The summed E-state index contributed by atoms with van der Waals surface area (Å²) >= 11 is 0. The van der Waals surface area contributed by atoms with Gasteiger partial charge in [-0.05, 0) is 18.2 Å². The van der Waals surface area contributed by atoms with Crippen molar-refractivity contribution in [1.29, 1.82) is 0 Å². The Hall–Kier alpha value is -1.41. The highest BCUT2D eigenvalue weighted by Gasteiger charge is 2.36. The lowest BCUT2D eigenvalue weighted by molar-refractivity contribution is 0.214. The van der Waals surface area contributed by atoms with E-state index in [0.717, 1.165) is 5.56 Å². The van der Waals surface area contributed by atoms with Gasteiger partial charge >= 0.3 is 7.94 Å². The standard InChI is InChI=1S/C13H12O3P/c14-17(12-7-2-1-3-8-12)15-10-11-6-4-5-9-13(11)16-17/h1-9,14H,10H2. The maximum absolute atomic E-state index is 10.5. The molecule has 1 atom stereocenters. The van der Waals surface area contributed by atoms with Crippen molar-refractivity contribution in [3.8, 4) is 5.75 Å². The molecule has 1 radical (unpaired) electrons. The summed E-state index contributed by atoms with van der Waals surface area (Å²) in [5.74, 6) is 0.707. The molecule has 1 unspecified atom stereocenters.